The number of ether oxygens (including phenoxy) is 2. The van der Waals surface area contributed by atoms with Crippen LogP contribution in [0.2, 0.25) is 0 Å². The lowest BCUT2D eigenvalue weighted by atomic mass is 10.1. The van der Waals surface area contributed by atoms with Crippen molar-refractivity contribution in [3.63, 3.8) is 0 Å². The second-order valence-electron chi connectivity index (χ2n) is 7.42. The maximum atomic E-state index is 12.5. The molecule has 0 spiro atoms. The normalized spacial score (nSPS) is 10.4. The fourth-order valence-electron chi connectivity index (χ4n) is 2.72. The molecule has 9 heteroatoms. The van der Waals surface area contributed by atoms with Gasteiger partial charge in [0, 0.05) is 18.9 Å². The number of nitrogens with zero attached hydrogens (tertiary/aromatic N) is 2. The lowest BCUT2D eigenvalue weighted by molar-refractivity contribution is -0.119. The molecule has 9 nitrogen and oxygen atoms in total. The third-order valence-corrected chi connectivity index (χ3v) is 4.29. The van der Waals surface area contributed by atoms with Gasteiger partial charge in [0.05, 0.1) is 17.4 Å². The van der Waals surface area contributed by atoms with E-state index in [4.69, 9.17) is 9.47 Å². The molecule has 3 aromatic rings. The van der Waals surface area contributed by atoms with Gasteiger partial charge in [0.15, 0.2) is 6.61 Å². The highest BCUT2D eigenvalue weighted by atomic mass is 16.5. The van der Waals surface area contributed by atoms with E-state index in [1.54, 1.807) is 48.7 Å². The van der Waals surface area contributed by atoms with Crippen molar-refractivity contribution in [3.05, 3.63) is 78.2 Å². The number of carbonyl (C=O) groups excluding carboxylic acids is 3. The van der Waals surface area contributed by atoms with Crippen LogP contribution in [-0.4, -0.2) is 40.9 Å². The van der Waals surface area contributed by atoms with Crippen LogP contribution in [0.3, 0.4) is 0 Å². The molecule has 0 fully saturated rings. The van der Waals surface area contributed by atoms with E-state index >= 15 is 0 Å². The lowest BCUT2D eigenvalue weighted by Crippen LogP contribution is -2.29. The molecule has 0 radical (unpaired) electrons. The van der Waals surface area contributed by atoms with Crippen LogP contribution >= 0.6 is 0 Å². The highest BCUT2D eigenvalue weighted by molar-refractivity contribution is 6.04. The number of hydrogen-bond donors (Lipinski definition) is 2. The largest absolute Gasteiger partial charge is 0.452 e. The minimum atomic E-state index is -0.778. The number of nitrogens with one attached hydrogen (secondary N) is 2. The van der Waals surface area contributed by atoms with Crippen molar-refractivity contribution in [1.82, 2.24) is 15.3 Å². The molecule has 0 aliphatic heterocycles. The molecule has 2 N–H and O–H groups in total. The molecule has 0 saturated heterocycles. The molecule has 0 unspecified atom stereocenters. The number of aromatic nitrogens is 2. The average molecular weight is 448 g/mol. The number of carbonyl (C=O) groups is 3. The molecule has 0 aliphatic rings. The predicted octanol–water partition coefficient (Wildman–Crippen LogP) is 3.45. The van der Waals surface area contributed by atoms with Gasteiger partial charge < -0.3 is 20.1 Å². The van der Waals surface area contributed by atoms with Crippen molar-refractivity contribution in [1.29, 1.82) is 0 Å². The molecular weight excluding hydrogens is 424 g/mol. The number of rotatable bonds is 9. The number of benzene rings is 1. The zero-order chi connectivity index (χ0) is 23.6. The minimum absolute atomic E-state index is 0.0306. The second kappa shape index (κ2) is 11.4. The molecule has 0 bridgehead atoms. The van der Waals surface area contributed by atoms with Crippen molar-refractivity contribution in [3.8, 4) is 11.6 Å². The van der Waals surface area contributed by atoms with E-state index in [1.807, 2.05) is 13.8 Å². The summed E-state index contributed by atoms with van der Waals surface area (Å²) in [5.41, 5.74) is 0.696. The van der Waals surface area contributed by atoms with Gasteiger partial charge in [-0.25, -0.2) is 9.78 Å². The lowest BCUT2D eigenvalue weighted by Gasteiger charge is -2.13. The highest BCUT2D eigenvalue weighted by Crippen LogP contribution is 2.22. The Morgan fingerprint density at radius 2 is 1.73 bits per heavy atom. The number of anilines is 1. The van der Waals surface area contributed by atoms with E-state index in [1.165, 1.54) is 18.5 Å². The Morgan fingerprint density at radius 3 is 2.48 bits per heavy atom. The molecule has 170 valence electrons. The Morgan fingerprint density at radius 1 is 0.970 bits per heavy atom. The zero-order valence-electron chi connectivity index (χ0n) is 18.3. The van der Waals surface area contributed by atoms with Gasteiger partial charge in [-0.15, -0.1) is 0 Å². The van der Waals surface area contributed by atoms with Crippen molar-refractivity contribution in [2.75, 3.05) is 18.5 Å². The average Bonchev–Trinajstić information content (AvgIpc) is 2.82. The first-order chi connectivity index (χ1) is 15.9. The van der Waals surface area contributed by atoms with Crippen molar-refractivity contribution in [2.45, 2.75) is 13.8 Å². The number of esters is 1. The third-order valence-electron chi connectivity index (χ3n) is 4.29. The molecule has 2 heterocycles. The Balaban J connectivity index is 1.61. The van der Waals surface area contributed by atoms with E-state index in [0.29, 0.717) is 23.5 Å². The summed E-state index contributed by atoms with van der Waals surface area (Å²) in [5, 5.41) is 5.42. The summed E-state index contributed by atoms with van der Waals surface area (Å²) in [6.45, 7) is 3.92. The monoisotopic (exact) mass is 448 g/mol. The predicted molar refractivity (Wildman–Crippen MR) is 121 cm³/mol. The van der Waals surface area contributed by atoms with Crippen LogP contribution in [-0.2, 0) is 9.53 Å². The summed E-state index contributed by atoms with van der Waals surface area (Å²) in [5.74, 6) is -0.955. The molecule has 0 aliphatic carbocycles. The van der Waals surface area contributed by atoms with E-state index in [2.05, 4.69) is 20.6 Å². The highest BCUT2D eigenvalue weighted by Gasteiger charge is 2.18. The first kappa shape index (κ1) is 23.4. The first-order valence-electron chi connectivity index (χ1n) is 10.3. The molecule has 3 rings (SSSR count). The van der Waals surface area contributed by atoms with Crippen LogP contribution in [0.1, 0.15) is 34.6 Å². The number of para-hydroxylation sites is 1. The van der Waals surface area contributed by atoms with Crippen LogP contribution in [0.4, 0.5) is 5.69 Å². The summed E-state index contributed by atoms with van der Waals surface area (Å²) >= 11 is 0. The molecule has 33 heavy (non-hydrogen) atoms. The topological polar surface area (TPSA) is 120 Å². The van der Waals surface area contributed by atoms with Crippen LogP contribution in [0.5, 0.6) is 11.6 Å². The van der Waals surface area contributed by atoms with Gasteiger partial charge in [0.2, 0.25) is 5.88 Å². The molecule has 1 aromatic carbocycles. The maximum absolute atomic E-state index is 12.5. The van der Waals surface area contributed by atoms with E-state index < -0.39 is 18.5 Å². The number of hydrogen-bond acceptors (Lipinski definition) is 7. The summed E-state index contributed by atoms with van der Waals surface area (Å²) in [6.07, 6.45) is 4.54. The molecular formula is C24H24N4O5. The van der Waals surface area contributed by atoms with E-state index in [0.717, 1.165) is 0 Å². The van der Waals surface area contributed by atoms with E-state index in [9.17, 15) is 14.4 Å². The molecule has 0 saturated carbocycles. The van der Waals surface area contributed by atoms with Gasteiger partial charge in [-0.05, 0) is 42.3 Å². The number of amides is 2. The fourth-order valence-corrected chi connectivity index (χ4v) is 2.72. The number of pyridine rings is 2. The standard InChI is InChI=1S/C24H24N4O5/c1-16(2)13-27-22(30)18-8-3-4-10-20(18)28-21(29)15-32-24(31)19-9-6-12-26-23(19)33-17-7-5-11-25-14-17/h3-12,14,16H,13,15H2,1-2H3,(H,27,30)(H,28,29). The first-order valence-corrected chi connectivity index (χ1v) is 10.3. The second-order valence-corrected chi connectivity index (χ2v) is 7.42. The van der Waals surface area contributed by atoms with Crippen LogP contribution < -0.4 is 15.4 Å². The van der Waals surface area contributed by atoms with Crippen molar-refractivity contribution >= 4 is 23.5 Å². The Bertz CT molecular complexity index is 1120. The van der Waals surface area contributed by atoms with Gasteiger partial charge >= 0.3 is 5.97 Å². The Hall–Kier alpha value is -4.27. The van der Waals surface area contributed by atoms with Crippen molar-refractivity contribution in [2.24, 2.45) is 5.92 Å². The minimum Gasteiger partial charge on any atom is -0.452 e. The van der Waals surface area contributed by atoms with E-state index in [-0.39, 0.29) is 23.3 Å². The van der Waals surface area contributed by atoms with Crippen LogP contribution in [0.15, 0.2) is 67.1 Å². The molecule has 2 amide bonds. The van der Waals surface area contributed by atoms with Gasteiger partial charge in [-0.1, -0.05) is 26.0 Å². The SMILES string of the molecule is CC(C)CNC(=O)c1ccccc1NC(=O)COC(=O)c1cccnc1Oc1cccnc1. The summed E-state index contributed by atoms with van der Waals surface area (Å²) in [7, 11) is 0. The van der Waals surface area contributed by atoms with Gasteiger partial charge in [-0.2, -0.15) is 0 Å². The van der Waals surface area contributed by atoms with Crippen molar-refractivity contribution < 1.29 is 23.9 Å². The van der Waals surface area contributed by atoms with Gasteiger partial charge in [0.1, 0.15) is 11.3 Å². The third kappa shape index (κ3) is 6.86. The summed E-state index contributed by atoms with van der Waals surface area (Å²) in [4.78, 5) is 45.3. The fraction of sp³-hybridized carbons (Fsp3) is 0.208. The molecule has 0 atom stereocenters. The van der Waals surface area contributed by atoms with Gasteiger partial charge in [0.25, 0.3) is 11.8 Å². The Kier molecular flexibility index (Phi) is 8.07. The van der Waals surface area contributed by atoms with Gasteiger partial charge in [-0.3, -0.25) is 14.6 Å². The summed E-state index contributed by atoms with van der Waals surface area (Å²) in [6, 6.07) is 13.0. The van der Waals surface area contributed by atoms with Crippen LogP contribution in [0.25, 0.3) is 0 Å². The maximum Gasteiger partial charge on any atom is 0.344 e. The zero-order valence-corrected chi connectivity index (χ0v) is 18.3. The Labute approximate surface area is 191 Å². The summed E-state index contributed by atoms with van der Waals surface area (Å²) < 4.78 is 10.7. The molecule has 2 aromatic heterocycles. The quantitative estimate of drug-likeness (QED) is 0.481. The van der Waals surface area contributed by atoms with Crippen LogP contribution in [0, 0.1) is 5.92 Å². The smallest absolute Gasteiger partial charge is 0.344 e.